The Balaban J connectivity index is 1.63. The van der Waals surface area contributed by atoms with Gasteiger partial charge in [-0.25, -0.2) is 8.78 Å². The summed E-state index contributed by atoms with van der Waals surface area (Å²) in [5.41, 5.74) is 5.58. The Hall–Kier alpha value is -3.04. The summed E-state index contributed by atoms with van der Waals surface area (Å²) in [6.45, 7) is 0.188. The summed E-state index contributed by atoms with van der Waals surface area (Å²) in [5.74, 6) is -2.84. The first-order chi connectivity index (χ1) is 11.4. The van der Waals surface area contributed by atoms with Gasteiger partial charge in [-0.1, -0.05) is 0 Å². The number of anilines is 2. The Bertz CT molecular complexity index is 793. The largest absolute Gasteiger partial charge is 0.367 e. The van der Waals surface area contributed by atoms with Gasteiger partial charge in [-0.2, -0.15) is 4.98 Å². The van der Waals surface area contributed by atoms with E-state index in [2.05, 4.69) is 20.5 Å². The third kappa shape index (κ3) is 3.16. The van der Waals surface area contributed by atoms with Crippen LogP contribution in [0.2, 0.25) is 0 Å². The van der Waals surface area contributed by atoms with Crippen molar-refractivity contribution in [1.29, 1.82) is 0 Å². The van der Waals surface area contributed by atoms with Crippen molar-refractivity contribution in [3.8, 4) is 0 Å². The molecular formula is C14H14F2N6O2. The zero-order valence-corrected chi connectivity index (χ0v) is 12.4. The number of carbonyl (C=O) groups is 2. The number of amides is 2. The quantitative estimate of drug-likeness (QED) is 0.744. The molecule has 0 saturated carbocycles. The number of nitrogen functional groups attached to an aromatic ring is 1. The molecule has 1 saturated heterocycles. The molecule has 24 heavy (non-hydrogen) atoms. The molecule has 0 bridgehead atoms. The first kappa shape index (κ1) is 15.8. The van der Waals surface area contributed by atoms with E-state index in [-0.39, 0.29) is 43.0 Å². The Labute approximate surface area is 135 Å². The number of aromatic amines is 1. The Morgan fingerprint density at radius 1 is 1.42 bits per heavy atom. The average molecular weight is 336 g/mol. The standard InChI is InChI=1S/C14H14F2N6O2/c15-9-2-1-8(4-10(9)16)22-6-7(3-12(22)23)13(24)18-5-11-19-14(17)21-20-11/h1-2,4,7H,3,5-6H2,(H,18,24)(H3,17,19,20,21). The predicted octanol–water partition coefficient (Wildman–Crippen LogP) is 0.334. The minimum absolute atomic E-state index is 0.0105. The molecule has 2 aromatic rings. The number of nitrogens with two attached hydrogens (primary N) is 1. The fourth-order valence-corrected chi connectivity index (χ4v) is 2.49. The molecule has 1 aliphatic heterocycles. The highest BCUT2D eigenvalue weighted by Gasteiger charge is 2.35. The van der Waals surface area contributed by atoms with Crippen molar-refractivity contribution in [3.63, 3.8) is 0 Å². The van der Waals surface area contributed by atoms with Gasteiger partial charge in [0.1, 0.15) is 5.82 Å². The summed E-state index contributed by atoms with van der Waals surface area (Å²) in [5, 5.41) is 8.81. The lowest BCUT2D eigenvalue weighted by Gasteiger charge is -2.16. The minimum atomic E-state index is -1.05. The minimum Gasteiger partial charge on any atom is -0.367 e. The number of hydrogen-bond acceptors (Lipinski definition) is 5. The zero-order chi connectivity index (χ0) is 17.3. The fraction of sp³-hybridized carbons (Fsp3) is 0.286. The summed E-state index contributed by atoms with van der Waals surface area (Å²) >= 11 is 0. The molecule has 1 aliphatic rings. The highest BCUT2D eigenvalue weighted by atomic mass is 19.2. The number of halogens is 2. The smallest absolute Gasteiger partial charge is 0.239 e. The second kappa shape index (κ2) is 6.22. The van der Waals surface area contributed by atoms with Gasteiger partial charge < -0.3 is 16.0 Å². The van der Waals surface area contributed by atoms with E-state index in [0.29, 0.717) is 5.82 Å². The van der Waals surface area contributed by atoms with Crippen molar-refractivity contribution in [1.82, 2.24) is 20.5 Å². The monoisotopic (exact) mass is 336 g/mol. The molecule has 0 spiro atoms. The van der Waals surface area contributed by atoms with Crippen LogP contribution in [0.15, 0.2) is 18.2 Å². The van der Waals surface area contributed by atoms with E-state index in [9.17, 15) is 18.4 Å². The Morgan fingerprint density at radius 2 is 2.21 bits per heavy atom. The van der Waals surface area contributed by atoms with E-state index >= 15 is 0 Å². The van der Waals surface area contributed by atoms with E-state index in [1.54, 1.807) is 0 Å². The third-order valence-corrected chi connectivity index (χ3v) is 3.69. The average Bonchev–Trinajstić information content (AvgIpc) is 3.14. The van der Waals surface area contributed by atoms with Gasteiger partial charge in [0, 0.05) is 24.7 Å². The molecule has 0 aliphatic carbocycles. The Kier molecular flexibility index (Phi) is 4.11. The third-order valence-electron chi connectivity index (χ3n) is 3.69. The molecule has 2 heterocycles. The lowest BCUT2D eigenvalue weighted by atomic mass is 10.1. The number of rotatable bonds is 4. The van der Waals surface area contributed by atoms with Crippen LogP contribution in [0.25, 0.3) is 0 Å². The first-order valence-corrected chi connectivity index (χ1v) is 7.14. The number of nitrogens with one attached hydrogen (secondary N) is 2. The van der Waals surface area contributed by atoms with Gasteiger partial charge in [0.05, 0.1) is 12.5 Å². The molecule has 126 valence electrons. The van der Waals surface area contributed by atoms with Crippen LogP contribution >= 0.6 is 0 Å². The number of nitrogens with zero attached hydrogens (tertiary/aromatic N) is 3. The van der Waals surface area contributed by atoms with E-state index < -0.39 is 17.6 Å². The van der Waals surface area contributed by atoms with Crippen molar-refractivity contribution in [2.45, 2.75) is 13.0 Å². The number of carbonyl (C=O) groups excluding carboxylic acids is 2. The molecule has 1 aromatic carbocycles. The SMILES string of the molecule is Nc1n[nH]c(CNC(=O)C2CC(=O)N(c3ccc(F)c(F)c3)C2)n1. The van der Waals surface area contributed by atoms with Crippen molar-refractivity contribution < 1.29 is 18.4 Å². The number of H-pyrrole nitrogens is 1. The van der Waals surface area contributed by atoms with E-state index in [1.807, 2.05) is 0 Å². The number of aromatic nitrogens is 3. The van der Waals surface area contributed by atoms with Crippen LogP contribution in [0.1, 0.15) is 12.2 Å². The van der Waals surface area contributed by atoms with Gasteiger partial charge in [0.25, 0.3) is 0 Å². The van der Waals surface area contributed by atoms with Gasteiger partial charge in [-0.3, -0.25) is 14.7 Å². The van der Waals surface area contributed by atoms with Gasteiger partial charge in [0.15, 0.2) is 11.6 Å². The van der Waals surface area contributed by atoms with Crippen LogP contribution in [0, 0.1) is 17.6 Å². The van der Waals surface area contributed by atoms with Crippen LogP contribution in [0.4, 0.5) is 20.4 Å². The van der Waals surface area contributed by atoms with E-state index in [4.69, 9.17) is 5.73 Å². The maximum atomic E-state index is 13.3. The van der Waals surface area contributed by atoms with Crippen molar-refractivity contribution in [3.05, 3.63) is 35.7 Å². The summed E-state index contributed by atoms with van der Waals surface area (Å²) in [6, 6.07) is 3.18. The lowest BCUT2D eigenvalue weighted by molar-refractivity contribution is -0.126. The number of benzene rings is 1. The van der Waals surface area contributed by atoms with Crippen LogP contribution in [-0.4, -0.2) is 33.5 Å². The molecule has 10 heteroatoms. The summed E-state index contributed by atoms with van der Waals surface area (Å²) < 4.78 is 26.3. The molecule has 1 unspecified atom stereocenters. The molecular weight excluding hydrogens is 322 g/mol. The predicted molar refractivity (Wildman–Crippen MR) is 79.5 cm³/mol. The molecule has 1 atom stereocenters. The maximum Gasteiger partial charge on any atom is 0.239 e. The van der Waals surface area contributed by atoms with Gasteiger partial charge in [0.2, 0.25) is 17.8 Å². The normalized spacial score (nSPS) is 17.3. The molecule has 4 N–H and O–H groups in total. The highest BCUT2D eigenvalue weighted by molar-refractivity contribution is 6.00. The zero-order valence-electron chi connectivity index (χ0n) is 12.4. The second-order valence-electron chi connectivity index (χ2n) is 5.36. The lowest BCUT2D eigenvalue weighted by Crippen LogP contribution is -2.33. The van der Waals surface area contributed by atoms with Crippen LogP contribution in [0.3, 0.4) is 0 Å². The van der Waals surface area contributed by atoms with Crippen molar-refractivity contribution in [2.24, 2.45) is 5.92 Å². The van der Waals surface area contributed by atoms with Crippen LogP contribution in [0.5, 0.6) is 0 Å². The Morgan fingerprint density at radius 3 is 2.88 bits per heavy atom. The molecule has 2 amide bonds. The first-order valence-electron chi connectivity index (χ1n) is 7.14. The second-order valence-corrected chi connectivity index (χ2v) is 5.36. The molecule has 0 radical (unpaired) electrons. The molecule has 1 fully saturated rings. The van der Waals surface area contributed by atoms with E-state index in [1.165, 1.54) is 11.0 Å². The van der Waals surface area contributed by atoms with Gasteiger partial charge in [-0.05, 0) is 12.1 Å². The van der Waals surface area contributed by atoms with Crippen LogP contribution in [-0.2, 0) is 16.1 Å². The summed E-state index contributed by atoms with van der Waals surface area (Å²) in [7, 11) is 0. The van der Waals surface area contributed by atoms with Crippen LogP contribution < -0.4 is 16.0 Å². The van der Waals surface area contributed by atoms with E-state index in [0.717, 1.165) is 12.1 Å². The highest BCUT2D eigenvalue weighted by Crippen LogP contribution is 2.26. The fourth-order valence-electron chi connectivity index (χ4n) is 2.49. The summed E-state index contributed by atoms with van der Waals surface area (Å²) in [4.78, 5) is 29.3. The van der Waals surface area contributed by atoms with Gasteiger partial charge in [-0.15, -0.1) is 5.10 Å². The maximum absolute atomic E-state index is 13.3. The molecule has 3 rings (SSSR count). The van der Waals surface area contributed by atoms with Crippen molar-refractivity contribution >= 4 is 23.5 Å². The topological polar surface area (TPSA) is 117 Å². The molecule has 8 nitrogen and oxygen atoms in total. The van der Waals surface area contributed by atoms with Crippen molar-refractivity contribution in [2.75, 3.05) is 17.2 Å². The molecule has 1 aromatic heterocycles. The number of hydrogen-bond donors (Lipinski definition) is 3. The summed E-state index contributed by atoms with van der Waals surface area (Å²) in [6.07, 6.45) is -0.0105. The van der Waals surface area contributed by atoms with Gasteiger partial charge >= 0.3 is 0 Å².